The van der Waals surface area contributed by atoms with E-state index in [1.165, 1.54) is 4.90 Å². The number of aliphatic hydroxyl groups is 1. The lowest BCUT2D eigenvalue weighted by Gasteiger charge is -2.44. The van der Waals surface area contributed by atoms with Crippen LogP contribution in [0.1, 0.15) is 50.3 Å². The van der Waals surface area contributed by atoms with Gasteiger partial charge >= 0.3 is 6.09 Å². The number of nitrogens with zero attached hydrogens (tertiary/aromatic N) is 4. The van der Waals surface area contributed by atoms with Crippen LogP contribution in [0.5, 0.6) is 0 Å². The molecule has 3 heterocycles. The molecule has 3 aliphatic heterocycles. The van der Waals surface area contributed by atoms with Gasteiger partial charge in [-0.25, -0.2) is 4.79 Å². The number of halogens is 1. The first-order chi connectivity index (χ1) is 24.4. The third kappa shape index (κ3) is 7.84. The lowest BCUT2D eigenvalue weighted by molar-refractivity contribution is -0.141. The second kappa shape index (κ2) is 14.9. The maximum Gasteiger partial charge on any atom is 0.411 e. The van der Waals surface area contributed by atoms with Crippen LogP contribution in [-0.2, 0) is 38.5 Å². The molecule has 3 aliphatic rings. The molecule has 0 bridgehead atoms. The topological polar surface area (TPSA) is 123 Å². The number of anilines is 1. The van der Waals surface area contributed by atoms with E-state index < -0.39 is 35.2 Å². The van der Waals surface area contributed by atoms with Gasteiger partial charge in [-0.3, -0.25) is 19.3 Å². The van der Waals surface area contributed by atoms with Crippen LogP contribution in [0.15, 0.2) is 78.9 Å². The van der Waals surface area contributed by atoms with Gasteiger partial charge in [0.05, 0.1) is 19.8 Å². The van der Waals surface area contributed by atoms with Crippen molar-refractivity contribution in [2.24, 2.45) is 0 Å². The Morgan fingerprint density at radius 3 is 2.25 bits per heavy atom. The molecule has 2 atom stereocenters. The van der Waals surface area contributed by atoms with E-state index in [9.17, 15) is 24.3 Å². The Morgan fingerprint density at radius 1 is 0.961 bits per heavy atom. The summed E-state index contributed by atoms with van der Waals surface area (Å²) in [6, 6.07) is 22.7. The van der Waals surface area contributed by atoms with Crippen molar-refractivity contribution in [2.75, 3.05) is 37.8 Å². The Balaban J connectivity index is 1.24. The first-order valence-corrected chi connectivity index (χ1v) is 17.9. The number of carbonyl (C=O) groups excluding carboxylic acids is 4. The number of carbonyl (C=O) groups is 4. The minimum Gasteiger partial charge on any atom is -0.444 e. The number of fused-ring (bicyclic) bond motifs is 1. The minimum atomic E-state index is -0.944. The smallest absolute Gasteiger partial charge is 0.411 e. The number of benzene rings is 3. The number of likely N-dealkylation sites (tertiary alicyclic amines) is 1. The summed E-state index contributed by atoms with van der Waals surface area (Å²) in [4.78, 5) is 62.9. The maximum absolute atomic E-state index is 14.4. The molecule has 0 saturated carbocycles. The lowest BCUT2D eigenvalue weighted by Crippen LogP contribution is -2.61. The number of para-hydroxylation sites is 1. The molecule has 11 nitrogen and oxygen atoms in total. The van der Waals surface area contributed by atoms with E-state index >= 15 is 0 Å². The van der Waals surface area contributed by atoms with Crippen LogP contribution < -0.4 is 10.2 Å². The molecule has 270 valence electrons. The summed E-state index contributed by atoms with van der Waals surface area (Å²) < 4.78 is 5.72. The third-order valence-corrected chi connectivity index (χ3v) is 10.3. The fraction of sp³-hybridized carbons (Fsp3) is 0.436. The molecule has 51 heavy (non-hydrogen) atoms. The standard InChI is InChI=1S/C39H46ClN5O6/c1-38(2,3)51-37(50)44-25-29-10-8-7-9-28(29)24-33(44)34(47)41-32(23-27-13-15-30(40)16-14-27)35(48)42-19-17-39(18-20-42)36(49)43(21-22-46)26-45(39)31-11-5-4-6-12-31/h4-16,32-33,46H,17-26H2,1-3H3,(H,41,47)/t32-,33?/m1/s1. The zero-order valence-electron chi connectivity index (χ0n) is 29.4. The Hall–Kier alpha value is -4.61. The first kappa shape index (κ1) is 36.2. The number of piperidine rings is 1. The number of nitrogens with one attached hydrogen (secondary N) is 1. The summed E-state index contributed by atoms with van der Waals surface area (Å²) in [6.45, 7) is 6.59. The van der Waals surface area contributed by atoms with Crippen molar-refractivity contribution >= 4 is 41.1 Å². The van der Waals surface area contributed by atoms with E-state index in [1.54, 1.807) is 42.7 Å². The van der Waals surface area contributed by atoms with Crippen molar-refractivity contribution in [1.29, 1.82) is 0 Å². The van der Waals surface area contributed by atoms with Crippen LogP contribution in [0.3, 0.4) is 0 Å². The van der Waals surface area contributed by atoms with Crippen molar-refractivity contribution in [3.05, 3.63) is 101 Å². The Bertz CT molecular complexity index is 1740. The van der Waals surface area contributed by atoms with Gasteiger partial charge in [0.2, 0.25) is 17.7 Å². The normalized spacial score (nSPS) is 19.2. The van der Waals surface area contributed by atoms with Crippen molar-refractivity contribution in [1.82, 2.24) is 20.0 Å². The highest BCUT2D eigenvalue weighted by Crippen LogP contribution is 2.39. The molecule has 2 fully saturated rings. The molecule has 1 spiro atoms. The predicted octanol–water partition coefficient (Wildman–Crippen LogP) is 4.39. The monoisotopic (exact) mass is 715 g/mol. The number of hydrogen-bond acceptors (Lipinski definition) is 7. The highest BCUT2D eigenvalue weighted by Gasteiger charge is 2.54. The molecule has 12 heteroatoms. The lowest BCUT2D eigenvalue weighted by atomic mass is 9.85. The van der Waals surface area contributed by atoms with Crippen LogP contribution in [-0.4, -0.2) is 99.8 Å². The van der Waals surface area contributed by atoms with Crippen molar-refractivity contribution < 1.29 is 29.0 Å². The molecule has 2 saturated heterocycles. The van der Waals surface area contributed by atoms with Gasteiger partial charge in [-0.15, -0.1) is 0 Å². The molecule has 0 aromatic heterocycles. The molecule has 2 N–H and O–H groups in total. The van der Waals surface area contributed by atoms with Gasteiger partial charge in [-0.1, -0.05) is 66.2 Å². The summed E-state index contributed by atoms with van der Waals surface area (Å²) >= 11 is 6.17. The molecule has 1 unspecified atom stereocenters. The quantitative estimate of drug-likeness (QED) is 0.355. The van der Waals surface area contributed by atoms with E-state index in [0.29, 0.717) is 37.6 Å². The van der Waals surface area contributed by atoms with Crippen LogP contribution in [0, 0.1) is 0 Å². The van der Waals surface area contributed by atoms with Crippen LogP contribution in [0.25, 0.3) is 0 Å². The Kier molecular flexibility index (Phi) is 10.6. The minimum absolute atomic E-state index is 0.0571. The number of β-amino-alcohol motifs (C(OH)–C–C–N with tert-alkyl or cyclic N) is 1. The number of ether oxygens (including phenoxy) is 1. The van der Waals surface area contributed by atoms with Crippen LogP contribution in [0.2, 0.25) is 5.02 Å². The van der Waals surface area contributed by atoms with E-state index in [-0.39, 0.29) is 44.4 Å². The largest absolute Gasteiger partial charge is 0.444 e. The van der Waals surface area contributed by atoms with E-state index in [4.69, 9.17) is 16.3 Å². The fourth-order valence-electron chi connectivity index (χ4n) is 7.40. The van der Waals surface area contributed by atoms with Gasteiger partial charge < -0.3 is 29.9 Å². The molecular formula is C39H46ClN5O6. The maximum atomic E-state index is 14.4. The number of rotatable bonds is 8. The zero-order chi connectivity index (χ0) is 36.3. The molecule has 0 aliphatic carbocycles. The SMILES string of the molecule is CC(C)(C)OC(=O)N1Cc2ccccc2CC1C(=O)N[C@H](Cc1ccc(Cl)cc1)C(=O)N1CCC2(CC1)C(=O)N(CCO)CN2c1ccccc1. The Labute approximate surface area is 304 Å². The zero-order valence-corrected chi connectivity index (χ0v) is 30.1. The first-order valence-electron chi connectivity index (χ1n) is 17.5. The number of hydrogen-bond donors (Lipinski definition) is 2. The average molecular weight is 716 g/mol. The number of aliphatic hydroxyl groups excluding tert-OH is 1. The van der Waals surface area contributed by atoms with E-state index in [1.807, 2.05) is 66.7 Å². The summed E-state index contributed by atoms with van der Waals surface area (Å²) in [5.74, 6) is -0.771. The van der Waals surface area contributed by atoms with Gasteiger partial charge in [0.25, 0.3) is 0 Å². The van der Waals surface area contributed by atoms with Gasteiger partial charge in [-0.2, -0.15) is 0 Å². The van der Waals surface area contributed by atoms with E-state index in [2.05, 4.69) is 10.2 Å². The molecule has 6 rings (SSSR count). The van der Waals surface area contributed by atoms with Crippen molar-refractivity contribution in [2.45, 2.75) is 76.2 Å². The Morgan fingerprint density at radius 2 is 1.61 bits per heavy atom. The predicted molar refractivity (Wildman–Crippen MR) is 194 cm³/mol. The van der Waals surface area contributed by atoms with Gasteiger partial charge in [-0.05, 0) is 74.6 Å². The number of amides is 4. The van der Waals surface area contributed by atoms with Gasteiger partial charge in [0.15, 0.2) is 0 Å². The summed E-state index contributed by atoms with van der Waals surface area (Å²) in [7, 11) is 0. The summed E-state index contributed by atoms with van der Waals surface area (Å²) in [5.41, 5.74) is 1.99. The highest BCUT2D eigenvalue weighted by molar-refractivity contribution is 6.30. The molecule has 4 amide bonds. The molecular weight excluding hydrogens is 670 g/mol. The third-order valence-electron chi connectivity index (χ3n) is 10.0. The second-order valence-electron chi connectivity index (χ2n) is 14.5. The second-order valence-corrected chi connectivity index (χ2v) is 15.0. The van der Waals surface area contributed by atoms with Gasteiger partial charge in [0, 0.05) is 43.2 Å². The van der Waals surface area contributed by atoms with Crippen molar-refractivity contribution in [3.63, 3.8) is 0 Å². The highest BCUT2D eigenvalue weighted by atomic mass is 35.5. The van der Waals surface area contributed by atoms with Crippen LogP contribution in [0.4, 0.5) is 10.5 Å². The average Bonchev–Trinajstić information content (AvgIpc) is 3.37. The van der Waals surface area contributed by atoms with Crippen LogP contribution >= 0.6 is 11.6 Å². The fourth-order valence-corrected chi connectivity index (χ4v) is 7.53. The van der Waals surface area contributed by atoms with Crippen molar-refractivity contribution in [3.8, 4) is 0 Å². The summed E-state index contributed by atoms with van der Waals surface area (Å²) in [6.07, 6.45) is 0.665. The molecule has 0 radical (unpaired) electrons. The molecule has 3 aromatic carbocycles. The summed E-state index contributed by atoms with van der Waals surface area (Å²) in [5, 5.41) is 13.3. The molecule has 3 aromatic rings. The van der Waals surface area contributed by atoms with E-state index in [0.717, 1.165) is 22.4 Å². The van der Waals surface area contributed by atoms with Gasteiger partial charge in [0.1, 0.15) is 23.2 Å².